The summed E-state index contributed by atoms with van der Waals surface area (Å²) in [6, 6.07) is 6.23. The van der Waals surface area contributed by atoms with Gasteiger partial charge in [-0.05, 0) is 51.5 Å². The standard InChI is InChI=1S/C24H30N2O4/c1-14-22(17(4)27)15(2)25-23(14)24(28)16(3)26-10-5-7-19(26)18-8-9-20-21(13-18)30-12-6-11-29-20/h8-9,13,16,19,25H,5-7,10-12H2,1-4H3/p+1/t16-,19-/m1/s1. The third-order valence-corrected chi connectivity index (χ3v) is 6.57. The molecule has 0 radical (unpaired) electrons. The van der Waals surface area contributed by atoms with Crippen LogP contribution in [0.15, 0.2) is 18.2 Å². The van der Waals surface area contributed by atoms with E-state index in [1.807, 2.05) is 26.8 Å². The summed E-state index contributed by atoms with van der Waals surface area (Å²) in [6.07, 6.45) is 3.00. The third kappa shape index (κ3) is 3.65. The first-order valence-corrected chi connectivity index (χ1v) is 10.9. The van der Waals surface area contributed by atoms with Crippen molar-refractivity contribution < 1.29 is 24.0 Å². The molecule has 2 aromatic rings. The molecule has 6 heteroatoms. The van der Waals surface area contributed by atoms with Crippen LogP contribution in [-0.2, 0) is 0 Å². The van der Waals surface area contributed by atoms with Crippen LogP contribution in [0, 0.1) is 13.8 Å². The number of ether oxygens (including phenoxy) is 2. The zero-order valence-electron chi connectivity index (χ0n) is 18.3. The normalized spacial score (nSPS) is 21.9. The summed E-state index contributed by atoms with van der Waals surface area (Å²) >= 11 is 0. The molecule has 1 fully saturated rings. The molecule has 2 aliphatic heterocycles. The van der Waals surface area contributed by atoms with Crippen LogP contribution in [0.3, 0.4) is 0 Å². The van der Waals surface area contributed by atoms with Crippen LogP contribution < -0.4 is 14.4 Å². The maximum atomic E-state index is 13.4. The Morgan fingerprint density at radius 3 is 2.57 bits per heavy atom. The Bertz CT molecular complexity index is 978. The number of aromatic amines is 1. The lowest BCUT2D eigenvalue weighted by Gasteiger charge is -2.27. The van der Waals surface area contributed by atoms with Crippen LogP contribution >= 0.6 is 0 Å². The number of hydrogen-bond acceptors (Lipinski definition) is 4. The van der Waals surface area contributed by atoms with Crippen LogP contribution in [-0.4, -0.2) is 42.4 Å². The topological polar surface area (TPSA) is 72.8 Å². The van der Waals surface area contributed by atoms with Crippen molar-refractivity contribution in [1.82, 2.24) is 4.98 Å². The highest BCUT2D eigenvalue weighted by molar-refractivity contribution is 6.04. The summed E-state index contributed by atoms with van der Waals surface area (Å²) < 4.78 is 11.6. The van der Waals surface area contributed by atoms with Gasteiger partial charge < -0.3 is 19.4 Å². The van der Waals surface area contributed by atoms with Gasteiger partial charge in [-0.15, -0.1) is 0 Å². The maximum absolute atomic E-state index is 13.4. The molecular formula is C24H31N2O4+. The Labute approximate surface area is 177 Å². The lowest BCUT2D eigenvalue weighted by atomic mass is 9.99. The minimum Gasteiger partial charge on any atom is -0.490 e. The second-order valence-electron chi connectivity index (χ2n) is 8.54. The van der Waals surface area contributed by atoms with Gasteiger partial charge in [0.25, 0.3) is 0 Å². The van der Waals surface area contributed by atoms with Crippen molar-refractivity contribution in [3.8, 4) is 11.5 Å². The van der Waals surface area contributed by atoms with Crippen LogP contribution in [0.1, 0.15) is 76.8 Å². The largest absolute Gasteiger partial charge is 0.490 e. The maximum Gasteiger partial charge on any atom is 0.236 e. The number of nitrogens with one attached hydrogen (secondary N) is 2. The highest BCUT2D eigenvalue weighted by Gasteiger charge is 2.39. The molecule has 1 saturated heterocycles. The third-order valence-electron chi connectivity index (χ3n) is 6.57. The highest BCUT2D eigenvalue weighted by Crippen LogP contribution is 2.33. The molecule has 1 aromatic heterocycles. The molecule has 160 valence electrons. The molecule has 2 N–H and O–H groups in total. The lowest BCUT2D eigenvalue weighted by molar-refractivity contribution is -0.931. The first kappa shape index (κ1) is 20.7. The van der Waals surface area contributed by atoms with Crippen molar-refractivity contribution in [2.45, 2.75) is 59.0 Å². The first-order chi connectivity index (χ1) is 14.4. The van der Waals surface area contributed by atoms with E-state index in [1.54, 1.807) is 6.92 Å². The van der Waals surface area contributed by atoms with E-state index in [-0.39, 0.29) is 23.7 Å². The quantitative estimate of drug-likeness (QED) is 0.742. The van der Waals surface area contributed by atoms with Crippen molar-refractivity contribution in [2.24, 2.45) is 0 Å². The fraction of sp³-hybridized carbons (Fsp3) is 0.500. The molecule has 1 aromatic carbocycles. The average Bonchev–Trinajstić information content (AvgIpc) is 3.23. The molecule has 3 atom stereocenters. The number of rotatable bonds is 5. The fourth-order valence-electron chi connectivity index (χ4n) is 5.07. The number of H-pyrrole nitrogens is 1. The Balaban J connectivity index is 1.59. The minimum absolute atomic E-state index is 0.00783. The second-order valence-corrected chi connectivity index (χ2v) is 8.54. The van der Waals surface area contributed by atoms with Crippen molar-refractivity contribution >= 4 is 11.6 Å². The van der Waals surface area contributed by atoms with E-state index in [0.717, 1.165) is 48.6 Å². The van der Waals surface area contributed by atoms with Crippen molar-refractivity contribution in [3.63, 3.8) is 0 Å². The number of likely N-dealkylation sites (tertiary alicyclic amines) is 1. The zero-order valence-corrected chi connectivity index (χ0v) is 18.3. The Kier molecular flexibility index (Phi) is 5.69. The number of fused-ring (bicyclic) bond motifs is 1. The molecule has 4 rings (SSSR count). The summed E-state index contributed by atoms with van der Waals surface area (Å²) in [6.45, 7) is 9.56. The fourth-order valence-corrected chi connectivity index (χ4v) is 5.07. The number of carbonyl (C=O) groups is 2. The Morgan fingerprint density at radius 1 is 1.13 bits per heavy atom. The van der Waals surface area contributed by atoms with Crippen molar-refractivity contribution in [2.75, 3.05) is 19.8 Å². The first-order valence-electron chi connectivity index (χ1n) is 10.9. The van der Waals surface area contributed by atoms with Gasteiger partial charge in [-0.3, -0.25) is 9.59 Å². The molecule has 1 unspecified atom stereocenters. The number of aryl methyl sites for hydroxylation is 1. The van der Waals surface area contributed by atoms with Crippen molar-refractivity contribution in [3.05, 3.63) is 46.3 Å². The van der Waals surface area contributed by atoms with E-state index < -0.39 is 0 Å². The molecule has 0 bridgehead atoms. The predicted octanol–water partition coefficient (Wildman–Crippen LogP) is 2.99. The van der Waals surface area contributed by atoms with Gasteiger partial charge in [0.15, 0.2) is 23.3 Å². The van der Waals surface area contributed by atoms with Gasteiger partial charge >= 0.3 is 0 Å². The van der Waals surface area contributed by atoms with Gasteiger partial charge in [0.1, 0.15) is 6.04 Å². The molecule has 30 heavy (non-hydrogen) atoms. The number of Topliss-reactive ketones (excluding diaryl/α,β-unsaturated/α-hetero) is 2. The molecule has 0 saturated carbocycles. The van der Waals surface area contributed by atoms with E-state index in [1.165, 1.54) is 10.5 Å². The number of carbonyl (C=O) groups excluding carboxylic acids is 2. The molecular weight excluding hydrogens is 380 g/mol. The van der Waals surface area contributed by atoms with Crippen molar-refractivity contribution in [1.29, 1.82) is 0 Å². The number of aromatic nitrogens is 1. The van der Waals surface area contributed by atoms with Gasteiger partial charge in [0.2, 0.25) is 5.78 Å². The van der Waals surface area contributed by atoms with Crippen LogP contribution in [0.4, 0.5) is 0 Å². The van der Waals surface area contributed by atoms with E-state index in [9.17, 15) is 9.59 Å². The summed E-state index contributed by atoms with van der Waals surface area (Å²) in [7, 11) is 0. The van der Waals surface area contributed by atoms with Gasteiger partial charge in [-0.1, -0.05) is 0 Å². The van der Waals surface area contributed by atoms with Crippen LogP contribution in [0.25, 0.3) is 0 Å². The highest BCUT2D eigenvalue weighted by atomic mass is 16.5. The summed E-state index contributed by atoms with van der Waals surface area (Å²) in [5.41, 5.74) is 3.94. The van der Waals surface area contributed by atoms with Gasteiger partial charge in [0, 0.05) is 36.1 Å². The average molecular weight is 412 g/mol. The van der Waals surface area contributed by atoms with Gasteiger partial charge in [-0.2, -0.15) is 0 Å². The predicted molar refractivity (Wildman–Crippen MR) is 114 cm³/mol. The number of hydrogen-bond donors (Lipinski definition) is 2. The minimum atomic E-state index is -0.204. The van der Waals surface area contributed by atoms with Crippen LogP contribution in [0.2, 0.25) is 0 Å². The SMILES string of the molecule is CC(=O)c1c(C)[nH]c(C(=O)[C@@H](C)[NH+]2CCC[C@@H]2c2ccc3c(c2)OCCCO3)c1C. The van der Waals surface area contributed by atoms with Gasteiger partial charge in [0.05, 0.1) is 25.5 Å². The summed E-state index contributed by atoms with van der Waals surface area (Å²) in [5.74, 6) is 1.66. The molecule has 2 aliphatic rings. The van der Waals surface area contributed by atoms with Gasteiger partial charge in [-0.25, -0.2) is 0 Å². The summed E-state index contributed by atoms with van der Waals surface area (Å²) in [5, 5.41) is 0. The zero-order chi connectivity index (χ0) is 21.4. The smallest absolute Gasteiger partial charge is 0.236 e. The van der Waals surface area contributed by atoms with E-state index in [0.29, 0.717) is 24.5 Å². The van der Waals surface area contributed by atoms with E-state index in [2.05, 4.69) is 17.1 Å². The Hall–Kier alpha value is -2.60. The number of ketones is 2. The molecule has 0 amide bonds. The molecule has 0 spiro atoms. The summed E-state index contributed by atoms with van der Waals surface area (Å²) in [4.78, 5) is 29.8. The van der Waals surface area contributed by atoms with E-state index in [4.69, 9.17) is 9.47 Å². The molecule has 6 nitrogen and oxygen atoms in total. The van der Waals surface area contributed by atoms with E-state index >= 15 is 0 Å². The number of benzene rings is 1. The lowest BCUT2D eigenvalue weighted by Crippen LogP contribution is -3.14. The monoisotopic (exact) mass is 411 g/mol. The molecule has 0 aliphatic carbocycles. The van der Waals surface area contributed by atoms with Crippen LogP contribution in [0.5, 0.6) is 11.5 Å². The Morgan fingerprint density at radius 2 is 1.87 bits per heavy atom. The molecule has 3 heterocycles. The number of quaternary nitrogens is 1. The second kappa shape index (κ2) is 8.26.